The van der Waals surface area contributed by atoms with Gasteiger partial charge in [0.25, 0.3) is 5.91 Å². The summed E-state index contributed by atoms with van der Waals surface area (Å²) in [5.41, 5.74) is 3.14. The Balaban J connectivity index is 1.86. The van der Waals surface area contributed by atoms with Gasteiger partial charge in [0.15, 0.2) is 0 Å². The van der Waals surface area contributed by atoms with E-state index in [-0.39, 0.29) is 5.91 Å². The highest BCUT2D eigenvalue weighted by Gasteiger charge is 2.09. The van der Waals surface area contributed by atoms with Crippen molar-refractivity contribution in [1.29, 1.82) is 0 Å². The highest BCUT2D eigenvalue weighted by atomic mass is 79.9. The van der Waals surface area contributed by atoms with Crippen LogP contribution in [0.5, 0.6) is 0 Å². The monoisotopic (exact) mass is 366 g/mol. The van der Waals surface area contributed by atoms with E-state index >= 15 is 0 Å². The van der Waals surface area contributed by atoms with Crippen LogP contribution in [0.2, 0.25) is 0 Å². The Labute approximate surface area is 143 Å². The van der Waals surface area contributed by atoms with Crippen LogP contribution in [0.3, 0.4) is 0 Å². The standard InChI is InChI=1S/C19H15BrN2O/c20-15-11-12-17(21-16-9-5-2-6-10-16)18(13-15)22-19(23)14-7-3-1-4-8-14/h1-13,21H,(H,22,23). The zero-order valence-electron chi connectivity index (χ0n) is 12.3. The highest BCUT2D eigenvalue weighted by Crippen LogP contribution is 2.29. The van der Waals surface area contributed by atoms with E-state index in [0.717, 1.165) is 21.5 Å². The van der Waals surface area contributed by atoms with Crippen molar-refractivity contribution in [3.8, 4) is 0 Å². The van der Waals surface area contributed by atoms with Crippen molar-refractivity contribution in [3.63, 3.8) is 0 Å². The van der Waals surface area contributed by atoms with Crippen LogP contribution in [-0.2, 0) is 0 Å². The summed E-state index contributed by atoms with van der Waals surface area (Å²) in [6, 6.07) is 24.7. The molecule has 4 heteroatoms. The third-order valence-corrected chi connectivity index (χ3v) is 3.81. The molecule has 114 valence electrons. The molecule has 3 rings (SSSR count). The molecule has 0 aliphatic carbocycles. The van der Waals surface area contributed by atoms with Gasteiger partial charge >= 0.3 is 0 Å². The molecule has 0 bridgehead atoms. The molecule has 0 aliphatic rings. The van der Waals surface area contributed by atoms with E-state index in [2.05, 4.69) is 26.6 Å². The maximum Gasteiger partial charge on any atom is 0.255 e. The van der Waals surface area contributed by atoms with Gasteiger partial charge in [-0.2, -0.15) is 0 Å². The first-order valence-corrected chi connectivity index (χ1v) is 8.00. The Kier molecular flexibility index (Phi) is 4.74. The van der Waals surface area contributed by atoms with E-state index in [9.17, 15) is 4.79 Å². The lowest BCUT2D eigenvalue weighted by molar-refractivity contribution is 0.102. The summed E-state index contributed by atoms with van der Waals surface area (Å²) < 4.78 is 0.902. The molecule has 3 nitrogen and oxygen atoms in total. The lowest BCUT2D eigenvalue weighted by atomic mass is 10.2. The van der Waals surface area contributed by atoms with Crippen LogP contribution in [0, 0.1) is 0 Å². The zero-order chi connectivity index (χ0) is 16.1. The molecule has 0 aromatic heterocycles. The smallest absolute Gasteiger partial charge is 0.255 e. The Morgan fingerprint density at radius 3 is 2.13 bits per heavy atom. The van der Waals surface area contributed by atoms with Crippen LogP contribution >= 0.6 is 15.9 Å². The zero-order valence-corrected chi connectivity index (χ0v) is 13.9. The van der Waals surface area contributed by atoms with Crippen LogP contribution in [0.4, 0.5) is 17.1 Å². The number of halogens is 1. The highest BCUT2D eigenvalue weighted by molar-refractivity contribution is 9.10. The number of carbonyl (C=O) groups is 1. The Bertz CT molecular complexity index is 804. The molecule has 2 N–H and O–H groups in total. The molecule has 23 heavy (non-hydrogen) atoms. The normalized spacial score (nSPS) is 10.1. The lowest BCUT2D eigenvalue weighted by Gasteiger charge is -2.14. The van der Waals surface area contributed by atoms with Crippen LogP contribution < -0.4 is 10.6 Å². The largest absolute Gasteiger partial charge is 0.354 e. The maximum atomic E-state index is 12.4. The van der Waals surface area contributed by atoms with Crippen molar-refractivity contribution in [3.05, 3.63) is 88.9 Å². The fourth-order valence-corrected chi connectivity index (χ4v) is 2.55. The predicted molar refractivity (Wildman–Crippen MR) is 98.3 cm³/mol. The molecule has 0 aliphatic heterocycles. The number of nitrogens with one attached hydrogen (secondary N) is 2. The van der Waals surface area contributed by atoms with Gasteiger partial charge in [0.2, 0.25) is 0 Å². The van der Waals surface area contributed by atoms with Gasteiger partial charge in [0, 0.05) is 15.7 Å². The van der Waals surface area contributed by atoms with Gasteiger partial charge in [-0.3, -0.25) is 4.79 Å². The van der Waals surface area contributed by atoms with Gasteiger partial charge in [-0.15, -0.1) is 0 Å². The van der Waals surface area contributed by atoms with Gasteiger partial charge in [0.05, 0.1) is 11.4 Å². The number of hydrogen-bond donors (Lipinski definition) is 2. The van der Waals surface area contributed by atoms with E-state index in [0.29, 0.717) is 5.56 Å². The average molecular weight is 367 g/mol. The Morgan fingerprint density at radius 1 is 0.783 bits per heavy atom. The lowest BCUT2D eigenvalue weighted by Crippen LogP contribution is -2.13. The second kappa shape index (κ2) is 7.11. The first-order chi connectivity index (χ1) is 11.2. The van der Waals surface area contributed by atoms with Gasteiger partial charge in [0.1, 0.15) is 0 Å². The van der Waals surface area contributed by atoms with Crippen LogP contribution in [0.1, 0.15) is 10.4 Å². The van der Waals surface area contributed by atoms with E-state index in [1.54, 1.807) is 12.1 Å². The molecule has 0 saturated heterocycles. The number of carbonyl (C=O) groups excluding carboxylic acids is 1. The van der Waals surface area contributed by atoms with Gasteiger partial charge in [-0.1, -0.05) is 52.3 Å². The van der Waals surface area contributed by atoms with Crippen molar-refractivity contribution >= 4 is 38.9 Å². The number of rotatable bonds is 4. The average Bonchev–Trinajstić information content (AvgIpc) is 2.59. The number of amides is 1. The van der Waals surface area contributed by atoms with E-state index in [1.165, 1.54) is 0 Å². The van der Waals surface area contributed by atoms with Gasteiger partial charge in [-0.25, -0.2) is 0 Å². The molecule has 0 radical (unpaired) electrons. The summed E-state index contributed by atoms with van der Waals surface area (Å²) in [7, 11) is 0. The molecule has 0 saturated carbocycles. The van der Waals surface area contributed by atoms with Crippen molar-refractivity contribution in [1.82, 2.24) is 0 Å². The SMILES string of the molecule is O=C(Nc1cc(Br)ccc1Nc1ccccc1)c1ccccc1. The molecular formula is C19H15BrN2O. The van der Waals surface area contributed by atoms with E-state index in [1.807, 2.05) is 66.7 Å². The van der Waals surface area contributed by atoms with Crippen LogP contribution in [-0.4, -0.2) is 5.91 Å². The second-order valence-electron chi connectivity index (χ2n) is 5.00. The third kappa shape index (κ3) is 3.99. The number of benzene rings is 3. The van der Waals surface area contributed by atoms with Gasteiger partial charge in [-0.05, 0) is 42.5 Å². The minimum Gasteiger partial charge on any atom is -0.354 e. The van der Waals surface area contributed by atoms with Crippen LogP contribution in [0.15, 0.2) is 83.3 Å². The van der Waals surface area contributed by atoms with Crippen LogP contribution in [0.25, 0.3) is 0 Å². The molecule has 0 heterocycles. The summed E-state index contributed by atoms with van der Waals surface area (Å²) in [4.78, 5) is 12.4. The van der Waals surface area contributed by atoms with E-state index in [4.69, 9.17) is 0 Å². The maximum absolute atomic E-state index is 12.4. The molecule has 3 aromatic carbocycles. The first-order valence-electron chi connectivity index (χ1n) is 7.20. The molecule has 0 atom stereocenters. The van der Waals surface area contributed by atoms with Crippen molar-refractivity contribution < 1.29 is 4.79 Å². The number of anilines is 3. The first kappa shape index (κ1) is 15.3. The molecule has 0 fully saturated rings. The molecule has 0 unspecified atom stereocenters. The molecule has 3 aromatic rings. The minimum absolute atomic E-state index is 0.139. The molecular weight excluding hydrogens is 352 g/mol. The summed E-state index contributed by atoms with van der Waals surface area (Å²) in [6.45, 7) is 0. The summed E-state index contributed by atoms with van der Waals surface area (Å²) in [6.07, 6.45) is 0. The fourth-order valence-electron chi connectivity index (χ4n) is 2.19. The molecule has 0 spiro atoms. The quantitative estimate of drug-likeness (QED) is 0.644. The summed E-state index contributed by atoms with van der Waals surface area (Å²) in [5, 5.41) is 6.28. The van der Waals surface area contributed by atoms with Gasteiger partial charge < -0.3 is 10.6 Å². The molecule has 1 amide bonds. The second-order valence-corrected chi connectivity index (χ2v) is 5.92. The Hall–Kier alpha value is -2.59. The Morgan fingerprint density at radius 2 is 1.43 bits per heavy atom. The summed E-state index contributed by atoms with van der Waals surface area (Å²) >= 11 is 3.45. The predicted octanol–water partition coefficient (Wildman–Crippen LogP) is 5.45. The van der Waals surface area contributed by atoms with Crippen molar-refractivity contribution in [2.75, 3.05) is 10.6 Å². The van der Waals surface area contributed by atoms with Crippen molar-refractivity contribution in [2.24, 2.45) is 0 Å². The minimum atomic E-state index is -0.139. The number of para-hydroxylation sites is 1. The fraction of sp³-hybridized carbons (Fsp3) is 0. The topological polar surface area (TPSA) is 41.1 Å². The third-order valence-electron chi connectivity index (χ3n) is 3.32. The van der Waals surface area contributed by atoms with Crippen molar-refractivity contribution in [2.45, 2.75) is 0 Å². The van der Waals surface area contributed by atoms with E-state index < -0.39 is 0 Å². The number of hydrogen-bond acceptors (Lipinski definition) is 2. The summed E-state index contributed by atoms with van der Waals surface area (Å²) in [5.74, 6) is -0.139.